The summed E-state index contributed by atoms with van der Waals surface area (Å²) < 4.78 is 1.17. The maximum absolute atomic E-state index is 3.62. The molecular formula is C16H20BrN. The van der Waals surface area contributed by atoms with E-state index in [1.807, 2.05) is 0 Å². The molecule has 1 unspecified atom stereocenters. The maximum atomic E-state index is 3.62. The Balaban J connectivity index is 1.96. The van der Waals surface area contributed by atoms with Gasteiger partial charge in [-0.1, -0.05) is 38.3 Å². The quantitative estimate of drug-likeness (QED) is 0.742. The van der Waals surface area contributed by atoms with Gasteiger partial charge in [0.1, 0.15) is 0 Å². The molecule has 1 aliphatic carbocycles. The van der Waals surface area contributed by atoms with E-state index in [2.05, 4.69) is 52.2 Å². The minimum Gasteiger partial charge on any atom is -0.360 e. The van der Waals surface area contributed by atoms with Crippen molar-refractivity contribution in [2.24, 2.45) is 5.92 Å². The van der Waals surface area contributed by atoms with Crippen LogP contribution in [0.1, 0.15) is 50.5 Å². The molecule has 2 aromatic rings. The van der Waals surface area contributed by atoms with Crippen LogP contribution in [0, 0.1) is 5.92 Å². The fourth-order valence-electron chi connectivity index (χ4n) is 3.40. The molecule has 1 aromatic heterocycles. The van der Waals surface area contributed by atoms with Gasteiger partial charge >= 0.3 is 0 Å². The van der Waals surface area contributed by atoms with Gasteiger partial charge in [-0.15, -0.1) is 0 Å². The number of para-hydroxylation sites is 1. The van der Waals surface area contributed by atoms with Gasteiger partial charge in [0.05, 0.1) is 5.52 Å². The Bertz CT molecular complexity index is 537. The van der Waals surface area contributed by atoms with Crippen molar-refractivity contribution in [2.45, 2.75) is 44.9 Å². The van der Waals surface area contributed by atoms with Crippen LogP contribution in [-0.2, 0) is 0 Å². The molecule has 3 rings (SSSR count). The SMILES string of the molecule is CC(c1c[nH]c2c(Br)cccc12)C1CCCCC1. The lowest BCUT2D eigenvalue weighted by Gasteiger charge is -2.27. The molecule has 1 fully saturated rings. The van der Waals surface area contributed by atoms with E-state index in [9.17, 15) is 0 Å². The van der Waals surface area contributed by atoms with Crippen molar-refractivity contribution in [3.8, 4) is 0 Å². The molecule has 1 atom stereocenters. The van der Waals surface area contributed by atoms with E-state index >= 15 is 0 Å². The van der Waals surface area contributed by atoms with Crippen LogP contribution in [0.5, 0.6) is 0 Å². The average molecular weight is 306 g/mol. The Morgan fingerprint density at radius 1 is 1.22 bits per heavy atom. The molecule has 0 spiro atoms. The number of nitrogens with one attached hydrogen (secondary N) is 1. The van der Waals surface area contributed by atoms with Gasteiger partial charge in [-0.3, -0.25) is 0 Å². The predicted octanol–water partition coefficient (Wildman–Crippen LogP) is 5.61. The minimum atomic E-state index is 0.674. The van der Waals surface area contributed by atoms with Crippen molar-refractivity contribution in [1.29, 1.82) is 0 Å². The maximum Gasteiger partial charge on any atom is 0.0601 e. The van der Waals surface area contributed by atoms with Gasteiger partial charge < -0.3 is 4.98 Å². The number of halogens is 1. The molecule has 2 heteroatoms. The normalized spacial score (nSPS) is 19.2. The smallest absolute Gasteiger partial charge is 0.0601 e. The van der Waals surface area contributed by atoms with Crippen LogP contribution in [-0.4, -0.2) is 4.98 Å². The van der Waals surface area contributed by atoms with Crippen LogP contribution in [0.3, 0.4) is 0 Å². The van der Waals surface area contributed by atoms with Gasteiger partial charge in [-0.25, -0.2) is 0 Å². The second-order valence-corrected chi connectivity index (χ2v) is 6.45. The van der Waals surface area contributed by atoms with Crippen LogP contribution < -0.4 is 0 Å². The largest absolute Gasteiger partial charge is 0.360 e. The third-order valence-corrected chi connectivity index (χ3v) is 5.20. The Hall–Kier alpha value is -0.760. The molecule has 0 bridgehead atoms. The zero-order valence-electron chi connectivity index (χ0n) is 10.9. The van der Waals surface area contributed by atoms with Gasteiger partial charge in [-0.05, 0) is 52.2 Å². The predicted molar refractivity (Wildman–Crippen MR) is 81.0 cm³/mol. The lowest BCUT2D eigenvalue weighted by Crippen LogP contribution is -2.13. The zero-order chi connectivity index (χ0) is 12.5. The Kier molecular flexibility index (Phi) is 3.47. The van der Waals surface area contributed by atoms with E-state index in [1.54, 1.807) is 0 Å². The first-order valence-electron chi connectivity index (χ1n) is 7.03. The summed E-state index contributed by atoms with van der Waals surface area (Å²) in [6.07, 6.45) is 9.29. The number of hydrogen-bond donors (Lipinski definition) is 1. The number of hydrogen-bond acceptors (Lipinski definition) is 0. The average Bonchev–Trinajstić information content (AvgIpc) is 2.84. The van der Waals surface area contributed by atoms with E-state index < -0.39 is 0 Å². The number of aromatic nitrogens is 1. The van der Waals surface area contributed by atoms with Crippen molar-refractivity contribution in [3.05, 3.63) is 34.4 Å². The molecule has 0 amide bonds. The van der Waals surface area contributed by atoms with Crippen LogP contribution in [0.4, 0.5) is 0 Å². The summed E-state index contributed by atoms with van der Waals surface area (Å²) >= 11 is 3.62. The van der Waals surface area contributed by atoms with Crippen molar-refractivity contribution in [2.75, 3.05) is 0 Å². The molecular weight excluding hydrogens is 286 g/mol. The van der Waals surface area contributed by atoms with Crippen molar-refractivity contribution >= 4 is 26.8 Å². The summed E-state index contributed by atoms with van der Waals surface area (Å²) in [7, 11) is 0. The van der Waals surface area contributed by atoms with E-state index in [0.717, 1.165) is 5.92 Å². The summed E-state index contributed by atoms with van der Waals surface area (Å²) in [4.78, 5) is 3.43. The van der Waals surface area contributed by atoms with Gasteiger partial charge in [0, 0.05) is 16.1 Å². The standard InChI is InChI=1S/C16H20BrN/c1-11(12-6-3-2-4-7-12)14-10-18-16-13(14)8-5-9-15(16)17/h5,8-12,18H,2-4,6-7H2,1H3. The zero-order valence-corrected chi connectivity index (χ0v) is 12.5. The molecule has 0 saturated heterocycles. The van der Waals surface area contributed by atoms with Gasteiger partial charge in [-0.2, -0.15) is 0 Å². The second kappa shape index (κ2) is 5.08. The molecule has 1 heterocycles. The van der Waals surface area contributed by atoms with E-state index in [0.29, 0.717) is 5.92 Å². The molecule has 0 radical (unpaired) electrons. The van der Waals surface area contributed by atoms with E-state index in [1.165, 1.54) is 53.0 Å². The summed E-state index contributed by atoms with van der Waals surface area (Å²) in [5.41, 5.74) is 2.74. The third kappa shape index (κ3) is 2.11. The topological polar surface area (TPSA) is 15.8 Å². The second-order valence-electron chi connectivity index (χ2n) is 5.59. The molecule has 0 aliphatic heterocycles. The van der Waals surface area contributed by atoms with Crippen LogP contribution in [0.25, 0.3) is 10.9 Å². The van der Waals surface area contributed by atoms with Crippen LogP contribution in [0.2, 0.25) is 0 Å². The molecule has 96 valence electrons. The minimum absolute atomic E-state index is 0.674. The highest BCUT2D eigenvalue weighted by Crippen LogP contribution is 2.39. The summed E-state index contributed by atoms with van der Waals surface area (Å²) in [5, 5.41) is 1.39. The first-order valence-corrected chi connectivity index (χ1v) is 7.82. The Morgan fingerprint density at radius 3 is 2.78 bits per heavy atom. The number of benzene rings is 1. The first kappa shape index (κ1) is 12.3. The number of aromatic amines is 1. The van der Waals surface area contributed by atoms with Crippen molar-refractivity contribution < 1.29 is 0 Å². The fourth-order valence-corrected chi connectivity index (χ4v) is 3.88. The number of H-pyrrole nitrogens is 1. The lowest BCUT2D eigenvalue weighted by molar-refractivity contribution is 0.317. The highest BCUT2D eigenvalue weighted by atomic mass is 79.9. The van der Waals surface area contributed by atoms with Gasteiger partial charge in [0.25, 0.3) is 0 Å². The van der Waals surface area contributed by atoms with Gasteiger partial charge in [0.15, 0.2) is 0 Å². The molecule has 1 N–H and O–H groups in total. The summed E-state index contributed by atoms with van der Waals surface area (Å²) in [5.74, 6) is 1.55. The first-order chi connectivity index (χ1) is 8.77. The summed E-state index contributed by atoms with van der Waals surface area (Å²) in [6.45, 7) is 2.40. The van der Waals surface area contributed by atoms with Gasteiger partial charge in [0.2, 0.25) is 0 Å². The highest BCUT2D eigenvalue weighted by molar-refractivity contribution is 9.10. The third-order valence-electron chi connectivity index (χ3n) is 4.54. The fraction of sp³-hybridized carbons (Fsp3) is 0.500. The van der Waals surface area contributed by atoms with Crippen molar-refractivity contribution in [1.82, 2.24) is 4.98 Å². The molecule has 1 nitrogen and oxygen atoms in total. The van der Waals surface area contributed by atoms with E-state index in [-0.39, 0.29) is 0 Å². The monoisotopic (exact) mass is 305 g/mol. The summed E-state index contributed by atoms with van der Waals surface area (Å²) in [6, 6.07) is 6.48. The molecule has 1 saturated carbocycles. The highest BCUT2D eigenvalue weighted by Gasteiger charge is 2.23. The number of rotatable bonds is 2. The van der Waals surface area contributed by atoms with Crippen LogP contribution >= 0.6 is 15.9 Å². The molecule has 1 aromatic carbocycles. The molecule has 18 heavy (non-hydrogen) atoms. The van der Waals surface area contributed by atoms with E-state index in [4.69, 9.17) is 0 Å². The Labute approximate surface area is 117 Å². The molecule has 1 aliphatic rings. The number of fused-ring (bicyclic) bond motifs is 1. The Morgan fingerprint density at radius 2 is 2.00 bits per heavy atom. The lowest BCUT2D eigenvalue weighted by atomic mass is 9.78. The van der Waals surface area contributed by atoms with Crippen molar-refractivity contribution in [3.63, 3.8) is 0 Å². The van der Waals surface area contributed by atoms with Crippen LogP contribution in [0.15, 0.2) is 28.9 Å².